The predicted molar refractivity (Wildman–Crippen MR) is 74.5 cm³/mol. The summed E-state index contributed by atoms with van der Waals surface area (Å²) in [5.74, 6) is 0.263. The Labute approximate surface area is 114 Å². The molecule has 2 aliphatic rings. The molecule has 0 aromatic carbocycles. The number of carbonyl (C=O) groups is 2. The highest BCUT2D eigenvalue weighted by atomic mass is 32.2. The van der Waals surface area contributed by atoms with Gasteiger partial charge in [-0.15, -0.1) is 0 Å². The summed E-state index contributed by atoms with van der Waals surface area (Å²) in [5, 5.41) is 0.327. The van der Waals surface area contributed by atoms with E-state index in [0.29, 0.717) is 12.5 Å². The van der Waals surface area contributed by atoms with E-state index in [0.717, 1.165) is 19.4 Å². The zero-order chi connectivity index (χ0) is 13.0. The molecule has 2 fully saturated rings. The highest BCUT2D eigenvalue weighted by Crippen LogP contribution is 2.30. The van der Waals surface area contributed by atoms with Crippen molar-refractivity contribution in [3.8, 4) is 0 Å². The lowest BCUT2D eigenvalue weighted by Gasteiger charge is -2.29. The first kappa shape index (κ1) is 13.9. The van der Waals surface area contributed by atoms with Crippen molar-refractivity contribution in [3.05, 3.63) is 0 Å². The first-order valence-corrected chi connectivity index (χ1v) is 8.01. The molecule has 0 N–H and O–H groups in total. The first-order chi connectivity index (χ1) is 8.66. The molecule has 1 atom stereocenters. The van der Waals surface area contributed by atoms with E-state index < -0.39 is 0 Å². The van der Waals surface area contributed by atoms with Crippen LogP contribution in [0.4, 0.5) is 0 Å². The molecule has 0 spiro atoms. The highest BCUT2D eigenvalue weighted by molar-refractivity contribution is 8.14. The number of nitrogens with zero attached hydrogens (tertiary/aromatic N) is 1. The van der Waals surface area contributed by atoms with Crippen molar-refractivity contribution in [2.24, 2.45) is 0 Å². The topological polar surface area (TPSA) is 37.4 Å². The summed E-state index contributed by atoms with van der Waals surface area (Å²) in [7, 11) is 0. The first-order valence-electron chi connectivity index (χ1n) is 7.13. The molecule has 3 nitrogen and oxygen atoms in total. The SMILES string of the molecule is CC(=O)SC1CC(=O)N(C2CCCCCCC2)C1. The van der Waals surface area contributed by atoms with Crippen molar-refractivity contribution in [2.45, 2.75) is 69.6 Å². The van der Waals surface area contributed by atoms with Crippen LogP contribution in [-0.2, 0) is 9.59 Å². The fourth-order valence-corrected chi connectivity index (χ4v) is 4.04. The van der Waals surface area contributed by atoms with Crippen LogP contribution in [0.2, 0.25) is 0 Å². The number of rotatable bonds is 2. The van der Waals surface area contributed by atoms with E-state index >= 15 is 0 Å². The summed E-state index contributed by atoms with van der Waals surface area (Å²) in [4.78, 5) is 25.2. The van der Waals surface area contributed by atoms with Crippen LogP contribution in [0.3, 0.4) is 0 Å². The maximum absolute atomic E-state index is 12.1. The Morgan fingerprint density at radius 1 is 1.17 bits per heavy atom. The molecule has 1 aliphatic carbocycles. The predicted octanol–water partition coefficient (Wildman–Crippen LogP) is 2.98. The van der Waals surface area contributed by atoms with Gasteiger partial charge in [-0.2, -0.15) is 0 Å². The zero-order valence-electron chi connectivity index (χ0n) is 11.2. The summed E-state index contributed by atoms with van der Waals surface area (Å²) in [6, 6.07) is 0.440. The maximum atomic E-state index is 12.1. The Hall–Kier alpha value is -0.510. The number of hydrogen-bond donors (Lipinski definition) is 0. The number of thioether (sulfide) groups is 1. The Balaban J connectivity index is 1.90. The minimum Gasteiger partial charge on any atom is -0.339 e. The van der Waals surface area contributed by atoms with Crippen LogP contribution in [-0.4, -0.2) is 33.8 Å². The lowest BCUT2D eigenvalue weighted by Crippen LogP contribution is -2.37. The minimum absolute atomic E-state index is 0.132. The largest absolute Gasteiger partial charge is 0.339 e. The number of amides is 1. The van der Waals surface area contributed by atoms with Gasteiger partial charge in [-0.1, -0.05) is 43.9 Å². The average molecular weight is 269 g/mol. The van der Waals surface area contributed by atoms with E-state index in [-0.39, 0.29) is 16.3 Å². The van der Waals surface area contributed by atoms with E-state index in [4.69, 9.17) is 0 Å². The smallest absolute Gasteiger partial charge is 0.224 e. The van der Waals surface area contributed by atoms with Crippen molar-refractivity contribution in [3.63, 3.8) is 0 Å². The second kappa shape index (κ2) is 6.60. The fourth-order valence-electron chi connectivity index (χ4n) is 3.11. The monoisotopic (exact) mass is 269 g/mol. The van der Waals surface area contributed by atoms with Crippen LogP contribution in [0.25, 0.3) is 0 Å². The van der Waals surface area contributed by atoms with Gasteiger partial charge in [0.25, 0.3) is 0 Å². The second-order valence-electron chi connectivity index (χ2n) is 5.48. The Morgan fingerprint density at radius 2 is 1.78 bits per heavy atom. The molecule has 0 radical (unpaired) electrons. The Kier molecular flexibility index (Phi) is 5.10. The zero-order valence-corrected chi connectivity index (χ0v) is 12.0. The van der Waals surface area contributed by atoms with Crippen molar-refractivity contribution in [1.82, 2.24) is 4.90 Å². The third-order valence-corrected chi connectivity index (χ3v) is 4.95. The molecular weight excluding hydrogens is 246 g/mol. The number of carbonyl (C=O) groups excluding carboxylic acids is 2. The molecule has 18 heavy (non-hydrogen) atoms. The van der Waals surface area contributed by atoms with E-state index in [2.05, 4.69) is 4.90 Å². The van der Waals surface area contributed by atoms with Crippen LogP contribution in [0.5, 0.6) is 0 Å². The standard InChI is InChI=1S/C14H23NO2S/c1-11(16)18-13-9-14(17)15(10-13)12-7-5-3-2-4-6-8-12/h12-13H,2-10H2,1H3. The molecule has 0 aromatic rings. The van der Waals surface area contributed by atoms with Gasteiger partial charge in [0, 0.05) is 31.2 Å². The molecule has 1 saturated carbocycles. The van der Waals surface area contributed by atoms with Crippen LogP contribution in [0.15, 0.2) is 0 Å². The van der Waals surface area contributed by atoms with Gasteiger partial charge in [0.15, 0.2) is 5.12 Å². The van der Waals surface area contributed by atoms with Crippen molar-refractivity contribution < 1.29 is 9.59 Å². The van der Waals surface area contributed by atoms with Crippen LogP contribution in [0.1, 0.15) is 58.3 Å². The fraction of sp³-hybridized carbons (Fsp3) is 0.857. The number of hydrogen-bond acceptors (Lipinski definition) is 3. The summed E-state index contributed by atoms with van der Waals surface area (Å²) >= 11 is 1.34. The van der Waals surface area contributed by atoms with Gasteiger partial charge in [0.1, 0.15) is 0 Å². The Morgan fingerprint density at radius 3 is 2.39 bits per heavy atom. The molecule has 102 valence electrons. The van der Waals surface area contributed by atoms with Crippen LogP contribution in [0, 0.1) is 0 Å². The molecule has 1 amide bonds. The molecule has 1 heterocycles. The third kappa shape index (κ3) is 3.74. The molecule has 0 aromatic heterocycles. The summed E-state index contributed by atoms with van der Waals surface area (Å²) < 4.78 is 0. The molecule has 1 aliphatic heterocycles. The highest BCUT2D eigenvalue weighted by Gasteiger charge is 2.34. The summed E-state index contributed by atoms with van der Waals surface area (Å²) in [5.41, 5.74) is 0. The van der Waals surface area contributed by atoms with E-state index in [1.165, 1.54) is 43.9 Å². The second-order valence-corrected chi connectivity index (χ2v) is 6.96. The molecule has 2 rings (SSSR count). The minimum atomic E-state index is 0.132. The third-order valence-electron chi connectivity index (χ3n) is 3.97. The van der Waals surface area contributed by atoms with Crippen LogP contribution >= 0.6 is 11.8 Å². The summed E-state index contributed by atoms with van der Waals surface area (Å²) in [6.45, 7) is 2.38. The number of likely N-dealkylation sites (tertiary alicyclic amines) is 1. The van der Waals surface area contributed by atoms with E-state index in [1.807, 2.05) is 0 Å². The molecule has 4 heteroatoms. The van der Waals surface area contributed by atoms with Gasteiger partial charge >= 0.3 is 0 Å². The van der Waals surface area contributed by atoms with Gasteiger partial charge in [-0.3, -0.25) is 9.59 Å². The van der Waals surface area contributed by atoms with Gasteiger partial charge in [0.2, 0.25) is 5.91 Å². The molecule has 0 bridgehead atoms. The van der Waals surface area contributed by atoms with E-state index in [9.17, 15) is 9.59 Å². The maximum Gasteiger partial charge on any atom is 0.224 e. The van der Waals surface area contributed by atoms with Crippen molar-refractivity contribution in [1.29, 1.82) is 0 Å². The molecule has 1 unspecified atom stereocenters. The van der Waals surface area contributed by atoms with Gasteiger partial charge in [-0.05, 0) is 12.8 Å². The van der Waals surface area contributed by atoms with Gasteiger partial charge in [-0.25, -0.2) is 0 Å². The van der Waals surface area contributed by atoms with Crippen molar-refractivity contribution in [2.75, 3.05) is 6.54 Å². The molecular formula is C14H23NO2S. The van der Waals surface area contributed by atoms with Gasteiger partial charge < -0.3 is 4.90 Å². The quantitative estimate of drug-likeness (QED) is 0.773. The lowest BCUT2D eigenvalue weighted by molar-refractivity contribution is -0.130. The van der Waals surface area contributed by atoms with Crippen molar-refractivity contribution >= 4 is 22.8 Å². The molecule has 1 saturated heterocycles. The lowest BCUT2D eigenvalue weighted by atomic mass is 9.96. The van der Waals surface area contributed by atoms with Gasteiger partial charge in [0.05, 0.1) is 0 Å². The normalized spacial score (nSPS) is 27.1. The summed E-state index contributed by atoms with van der Waals surface area (Å²) in [6.07, 6.45) is 9.34. The van der Waals surface area contributed by atoms with Crippen LogP contribution < -0.4 is 0 Å². The average Bonchev–Trinajstić information content (AvgIpc) is 2.58. The van der Waals surface area contributed by atoms with E-state index in [1.54, 1.807) is 6.92 Å². The Bertz CT molecular complexity index is 311.